The van der Waals surface area contributed by atoms with Crippen LogP contribution in [0.1, 0.15) is 15.9 Å². The Labute approximate surface area is 117 Å². The molecule has 0 saturated heterocycles. The molecule has 0 spiro atoms. The fraction of sp³-hybridized carbons (Fsp3) is 0.118. The van der Waals surface area contributed by atoms with Crippen molar-refractivity contribution in [1.82, 2.24) is 10.3 Å². The van der Waals surface area contributed by atoms with Crippen LogP contribution in [-0.2, 0) is 0 Å². The maximum absolute atomic E-state index is 11.6. The molecule has 2 aromatic carbocycles. The quantitative estimate of drug-likeness (QED) is 0.731. The summed E-state index contributed by atoms with van der Waals surface area (Å²) in [7, 11) is 1.64. The smallest absolute Gasteiger partial charge is 0.251 e. The van der Waals surface area contributed by atoms with Crippen molar-refractivity contribution in [3.8, 4) is 11.1 Å². The van der Waals surface area contributed by atoms with E-state index in [1.54, 1.807) is 7.05 Å². The number of H-pyrrole nitrogens is 1. The second-order valence-electron chi connectivity index (χ2n) is 4.86. The van der Waals surface area contributed by atoms with Gasteiger partial charge in [-0.25, -0.2) is 0 Å². The average Bonchev–Trinajstić information content (AvgIpc) is 2.92. The molecule has 1 amide bonds. The molecule has 0 saturated carbocycles. The maximum Gasteiger partial charge on any atom is 0.251 e. The zero-order valence-corrected chi connectivity index (χ0v) is 11.5. The molecule has 1 aromatic heterocycles. The van der Waals surface area contributed by atoms with Gasteiger partial charge in [0, 0.05) is 35.3 Å². The summed E-state index contributed by atoms with van der Waals surface area (Å²) in [5.74, 6) is -0.0636. The number of rotatable bonds is 2. The van der Waals surface area contributed by atoms with Crippen molar-refractivity contribution in [2.24, 2.45) is 0 Å². The average molecular weight is 264 g/mol. The van der Waals surface area contributed by atoms with Gasteiger partial charge >= 0.3 is 0 Å². The largest absolute Gasteiger partial charge is 0.360 e. The highest BCUT2D eigenvalue weighted by molar-refractivity contribution is 5.98. The van der Waals surface area contributed by atoms with Crippen molar-refractivity contribution in [1.29, 1.82) is 0 Å². The van der Waals surface area contributed by atoms with E-state index in [-0.39, 0.29) is 5.91 Å². The number of para-hydroxylation sites is 1. The van der Waals surface area contributed by atoms with Crippen molar-refractivity contribution >= 4 is 16.8 Å². The molecule has 3 aromatic rings. The Bertz CT molecular complexity index is 769. The molecule has 3 rings (SSSR count). The van der Waals surface area contributed by atoms with Gasteiger partial charge in [0.25, 0.3) is 5.91 Å². The molecule has 0 unspecified atom stereocenters. The number of amides is 1. The molecule has 0 fully saturated rings. The van der Waals surface area contributed by atoms with Gasteiger partial charge in [-0.15, -0.1) is 0 Å². The first-order valence-electron chi connectivity index (χ1n) is 6.60. The monoisotopic (exact) mass is 264 g/mol. The number of aromatic amines is 1. The van der Waals surface area contributed by atoms with Gasteiger partial charge in [0.1, 0.15) is 0 Å². The molecule has 0 atom stereocenters. The number of benzene rings is 2. The Balaban J connectivity index is 2.07. The normalized spacial score (nSPS) is 10.7. The predicted molar refractivity (Wildman–Crippen MR) is 81.9 cm³/mol. The lowest BCUT2D eigenvalue weighted by Crippen LogP contribution is -2.17. The van der Waals surface area contributed by atoms with E-state index in [1.165, 1.54) is 10.9 Å². The van der Waals surface area contributed by atoms with E-state index in [0.717, 1.165) is 16.6 Å². The first kappa shape index (κ1) is 12.5. The van der Waals surface area contributed by atoms with E-state index >= 15 is 0 Å². The Morgan fingerprint density at radius 1 is 1.10 bits per heavy atom. The zero-order valence-electron chi connectivity index (χ0n) is 11.5. The van der Waals surface area contributed by atoms with Crippen LogP contribution in [0.5, 0.6) is 0 Å². The van der Waals surface area contributed by atoms with Gasteiger partial charge in [-0.1, -0.05) is 30.3 Å². The second kappa shape index (κ2) is 4.85. The SMILES string of the molecule is CNC(=O)c1ccc(-c2c[nH]c3c(C)cccc23)cc1. The predicted octanol–water partition coefficient (Wildman–Crippen LogP) is 3.50. The number of fused-ring (bicyclic) bond motifs is 1. The Hall–Kier alpha value is -2.55. The molecule has 1 heterocycles. The summed E-state index contributed by atoms with van der Waals surface area (Å²) in [6.07, 6.45) is 2.02. The van der Waals surface area contributed by atoms with Crippen LogP contribution in [0.2, 0.25) is 0 Å². The molecular formula is C17H16N2O. The van der Waals surface area contributed by atoms with Crippen molar-refractivity contribution in [2.75, 3.05) is 7.05 Å². The molecule has 0 aliphatic rings. The minimum absolute atomic E-state index is 0.0636. The van der Waals surface area contributed by atoms with Crippen LogP contribution in [0.4, 0.5) is 0 Å². The molecule has 0 aliphatic heterocycles. The molecule has 3 nitrogen and oxygen atoms in total. The molecule has 2 N–H and O–H groups in total. The number of hydrogen-bond donors (Lipinski definition) is 2. The summed E-state index contributed by atoms with van der Waals surface area (Å²) in [6, 6.07) is 13.9. The second-order valence-corrected chi connectivity index (χ2v) is 4.86. The van der Waals surface area contributed by atoms with Gasteiger partial charge in [-0.3, -0.25) is 4.79 Å². The van der Waals surface area contributed by atoms with Crippen LogP contribution in [0.25, 0.3) is 22.0 Å². The summed E-state index contributed by atoms with van der Waals surface area (Å²) < 4.78 is 0. The number of aromatic nitrogens is 1. The van der Waals surface area contributed by atoms with Gasteiger partial charge < -0.3 is 10.3 Å². The van der Waals surface area contributed by atoms with Crippen LogP contribution in [0, 0.1) is 6.92 Å². The lowest BCUT2D eigenvalue weighted by molar-refractivity contribution is 0.0963. The summed E-state index contributed by atoms with van der Waals surface area (Å²) in [5.41, 5.74) is 5.34. The summed E-state index contributed by atoms with van der Waals surface area (Å²) in [5, 5.41) is 3.83. The first-order chi connectivity index (χ1) is 9.70. The zero-order chi connectivity index (χ0) is 14.1. The third-order valence-corrected chi connectivity index (χ3v) is 3.61. The van der Waals surface area contributed by atoms with E-state index in [1.807, 2.05) is 30.5 Å². The fourth-order valence-corrected chi connectivity index (χ4v) is 2.49. The molecule has 0 aliphatic carbocycles. The maximum atomic E-state index is 11.6. The number of carbonyl (C=O) groups is 1. The van der Waals surface area contributed by atoms with Crippen LogP contribution >= 0.6 is 0 Å². The van der Waals surface area contributed by atoms with E-state index in [0.29, 0.717) is 5.56 Å². The van der Waals surface area contributed by atoms with Gasteiger partial charge in [-0.05, 0) is 30.2 Å². The van der Waals surface area contributed by atoms with E-state index in [2.05, 4.69) is 35.4 Å². The molecule has 0 radical (unpaired) electrons. The topological polar surface area (TPSA) is 44.9 Å². The summed E-state index contributed by atoms with van der Waals surface area (Å²) in [6.45, 7) is 2.09. The number of nitrogens with one attached hydrogen (secondary N) is 2. The van der Waals surface area contributed by atoms with Crippen molar-refractivity contribution in [3.63, 3.8) is 0 Å². The minimum Gasteiger partial charge on any atom is -0.360 e. The fourth-order valence-electron chi connectivity index (χ4n) is 2.49. The Kier molecular flexibility index (Phi) is 3.03. The molecule has 0 bridgehead atoms. The molecular weight excluding hydrogens is 248 g/mol. The Morgan fingerprint density at radius 3 is 2.55 bits per heavy atom. The summed E-state index contributed by atoms with van der Waals surface area (Å²) >= 11 is 0. The van der Waals surface area contributed by atoms with Crippen molar-refractivity contribution in [2.45, 2.75) is 6.92 Å². The van der Waals surface area contributed by atoms with E-state index < -0.39 is 0 Å². The molecule has 3 heteroatoms. The lowest BCUT2D eigenvalue weighted by Gasteiger charge is -2.03. The van der Waals surface area contributed by atoms with E-state index in [4.69, 9.17) is 0 Å². The van der Waals surface area contributed by atoms with Crippen LogP contribution < -0.4 is 5.32 Å². The highest BCUT2D eigenvalue weighted by atomic mass is 16.1. The molecule has 100 valence electrons. The third-order valence-electron chi connectivity index (χ3n) is 3.61. The number of carbonyl (C=O) groups excluding carboxylic acids is 1. The number of hydrogen-bond acceptors (Lipinski definition) is 1. The van der Waals surface area contributed by atoms with Crippen molar-refractivity contribution in [3.05, 3.63) is 59.8 Å². The van der Waals surface area contributed by atoms with Crippen molar-refractivity contribution < 1.29 is 4.79 Å². The van der Waals surface area contributed by atoms with Crippen LogP contribution in [0.3, 0.4) is 0 Å². The highest BCUT2D eigenvalue weighted by Crippen LogP contribution is 2.30. The third kappa shape index (κ3) is 1.97. The van der Waals surface area contributed by atoms with Crippen LogP contribution in [0.15, 0.2) is 48.7 Å². The highest BCUT2D eigenvalue weighted by Gasteiger charge is 2.08. The first-order valence-corrected chi connectivity index (χ1v) is 6.60. The van der Waals surface area contributed by atoms with E-state index in [9.17, 15) is 4.79 Å². The number of aryl methyl sites for hydroxylation is 1. The van der Waals surface area contributed by atoms with Gasteiger partial charge in [0.15, 0.2) is 0 Å². The molecule has 20 heavy (non-hydrogen) atoms. The van der Waals surface area contributed by atoms with Gasteiger partial charge in [0.2, 0.25) is 0 Å². The van der Waals surface area contributed by atoms with Gasteiger partial charge in [0.05, 0.1) is 0 Å². The Morgan fingerprint density at radius 2 is 1.85 bits per heavy atom. The summed E-state index contributed by atoms with van der Waals surface area (Å²) in [4.78, 5) is 14.9. The standard InChI is InChI=1S/C17H16N2O/c1-11-4-3-5-14-15(10-19-16(11)14)12-6-8-13(9-7-12)17(20)18-2/h3-10,19H,1-2H3,(H,18,20). The van der Waals surface area contributed by atoms with Crippen LogP contribution in [-0.4, -0.2) is 17.9 Å². The minimum atomic E-state index is -0.0636. The van der Waals surface area contributed by atoms with Gasteiger partial charge in [-0.2, -0.15) is 0 Å². The lowest BCUT2D eigenvalue weighted by atomic mass is 10.0.